The van der Waals surface area contributed by atoms with Gasteiger partial charge in [0.25, 0.3) is 0 Å². The molecule has 1 rings (SSSR count). The summed E-state index contributed by atoms with van der Waals surface area (Å²) in [5, 5.41) is 3.45. The van der Waals surface area contributed by atoms with Crippen molar-refractivity contribution >= 4 is 0 Å². The summed E-state index contributed by atoms with van der Waals surface area (Å²) in [7, 11) is 4.41. The van der Waals surface area contributed by atoms with Crippen molar-refractivity contribution in [2.45, 2.75) is 65.3 Å². The third-order valence-electron chi connectivity index (χ3n) is 5.21. The van der Waals surface area contributed by atoms with E-state index in [-0.39, 0.29) is 0 Å². The predicted molar refractivity (Wildman–Crippen MR) is 81.0 cm³/mol. The minimum Gasteiger partial charge on any atom is -0.319 e. The number of rotatable bonds is 6. The largest absolute Gasteiger partial charge is 0.319 e. The van der Waals surface area contributed by atoms with Crippen molar-refractivity contribution < 1.29 is 0 Å². The van der Waals surface area contributed by atoms with Crippen LogP contribution in [0.2, 0.25) is 0 Å². The maximum atomic E-state index is 3.45. The van der Waals surface area contributed by atoms with Crippen LogP contribution in [0.3, 0.4) is 0 Å². The molecule has 0 spiro atoms. The van der Waals surface area contributed by atoms with Crippen LogP contribution in [0.1, 0.15) is 59.8 Å². The molecule has 0 aromatic rings. The van der Waals surface area contributed by atoms with Crippen LogP contribution in [0.25, 0.3) is 0 Å². The highest BCUT2D eigenvalue weighted by atomic mass is 15.2. The van der Waals surface area contributed by atoms with Gasteiger partial charge in [-0.2, -0.15) is 0 Å². The second-order valence-corrected chi connectivity index (χ2v) is 7.25. The normalized spacial score (nSPS) is 29.8. The van der Waals surface area contributed by atoms with E-state index in [0.717, 1.165) is 5.92 Å². The lowest BCUT2D eigenvalue weighted by atomic mass is 9.69. The fourth-order valence-corrected chi connectivity index (χ4v) is 3.49. The van der Waals surface area contributed by atoms with Gasteiger partial charge in [0.2, 0.25) is 0 Å². The molecule has 2 unspecified atom stereocenters. The lowest BCUT2D eigenvalue weighted by molar-refractivity contribution is 0.0439. The van der Waals surface area contributed by atoms with Gasteiger partial charge in [0.15, 0.2) is 0 Å². The smallest absolute Gasteiger partial charge is 0.0147 e. The molecule has 0 saturated heterocycles. The molecule has 2 nitrogen and oxygen atoms in total. The van der Waals surface area contributed by atoms with Crippen LogP contribution in [0, 0.1) is 11.3 Å². The molecule has 1 saturated carbocycles. The van der Waals surface area contributed by atoms with Crippen LogP contribution in [-0.2, 0) is 0 Å². The maximum Gasteiger partial charge on any atom is 0.0147 e. The summed E-state index contributed by atoms with van der Waals surface area (Å²) in [6.07, 6.45) is 6.82. The molecule has 1 aliphatic carbocycles. The topological polar surface area (TPSA) is 15.3 Å². The van der Waals surface area contributed by atoms with Gasteiger partial charge in [-0.15, -0.1) is 0 Å². The van der Waals surface area contributed by atoms with E-state index >= 15 is 0 Å². The van der Waals surface area contributed by atoms with Gasteiger partial charge >= 0.3 is 0 Å². The first-order valence-corrected chi connectivity index (χ1v) is 7.71. The molecule has 1 aliphatic rings. The van der Waals surface area contributed by atoms with Crippen molar-refractivity contribution in [3.63, 3.8) is 0 Å². The van der Waals surface area contributed by atoms with E-state index in [1.54, 1.807) is 0 Å². The molecule has 0 aromatic carbocycles. The van der Waals surface area contributed by atoms with E-state index in [2.05, 4.69) is 52.0 Å². The monoisotopic (exact) mass is 254 g/mol. The zero-order valence-electron chi connectivity index (χ0n) is 13.5. The van der Waals surface area contributed by atoms with E-state index < -0.39 is 0 Å². The van der Waals surface area contributed by atoms with E-state index in [0.29, 0.717) is 11.0 Å². The van der Waals surface area contributed by atoms with Gasteiger partial charge in [0, 0.05) is 18.6 Å². The van der Waals surface area contributed by atoms with Gasteiger partial charge in [-0.05, 0) is 58.5 Å². The zero-order chi connectivity index (χ0) is 13.8. The highest BCUT2D eigenvalue weighted by Gasteiger charge is 2.37. The summed E-state index contributed by atoms with van der Waals surface area (Å²) in [6.45, 7) is 11.9. The summed E-state index contributed by atoms with van der Waals surface area (Å²) in [4.78, 5) is 2.59. The number of hydrogen-bond donors (Lipinski definition) is 1. The number of nitrogens with one attached hydrogen (secondary N) is 1. The van der Waals surface area contributed by atoms with Crippen molar-refractivity contribution in [2.75, 3.05) is 27.2 Å². The fraction of sp³-hybridized carbons (Fsp3) is 1.00. The average Bonchev–Trinajstić information content (AvgIpc) is 2.29. The second kappa shape index (κ2) is 6.38. The molecule has 0 aliphatic heterocycles. The Bertz CT molecular complexity index is 245. The first-order valence-electron chi connectivity index (χ1n) is 7.71. The Labute approximate surface area is 115 Å². The maximum absolute atomic E-state index is 3.45. The van der Waals surface area contributed by atoms with Crippen molar-refractivity contribution in [1.29, 1.82) is 0 Å². The van der Waals surface area contributed by atoms with E-state index in [1.807, 2.05) is 0 Å². The van der Waals surface area contributed by atoms with Crippen molar-refractivity contribution in [2.24, 2.45) is 11.3 Å². The van der Waals surface area contributed by atoms with Gasteiger partial charge in [0.05, 0.1) is 0 Å². The third kappa shape index (κ3) is 3.96. The zero-order valence-corrected chi connectivity index (χ0v) is 13.5. The average molecular weight is 254 g/mol. The molecule has 2 heteroatoms. The second-order valence-electron chi connectivity index (χ2n) is 7.25. The fourth-order valence-electron chi connectivity index (χ4n) is 3.49. The highest BCUT2D eigenvalue weighted by molar-refractivity contribution is 4.92. The highest BCUT2D eigenvalue weighted by Crippen LogP contribution is 2.40. The Kier molecular flexibility index (Phi) is 5.67. The van der Waals surface area contributed by atoms with Gasteiger partial charge in [-0.25, -0.2) is 0 Å². The van der Waals surface area contributed by atoms with Gasteiger partial charge in [-0.3, -0.25) is 0 Å². The quantitative estimate of drug-likeness (QED) is 0.780. The molecular weight excluding hydrogens is 220 g/mol. The minimum atomic E-state index is 0.321. The van der Waals surface area contributed by atoms with Crippen LogP contribution < -0.4 is 5.32 Å². The standard InChI is InChI=1S/C16H34N2/c1-7-15(3,4)18(6)13-16(12-17-5)10-8-9-14(2)11-16/h14,17H,7-13H2,1-6H3. The van der Waals surface area contributed by atoms with Crippen molar-refractivity contribution in [3.8, 4) is 0 Å². The Hall–Kier alpha value is -0.0800. The Morgan fingerprint density at radius 3 is 2.56 bits per heavy atom. The Morgan fingerprint density at radius 1 is 1.39 bits per heavy atom. The number of nitrogens with zero attached hydrogens (tertiary/aromatic N) is 1. The summed E-state index contributed by atoms with van der Waals surface area (Å²) in [6, 6.07) is 0. The summed E-state index contributed by atoms with van der Waals surface area (Å²) < 4.78 is 0. The Morgan fingerprint density at radius 2 is 2.06 bits per heavy atom. The lowest BCUT2D eigenvalue weighted by Crippen LogP contribution is -2.51. The molecule has 0 aromatic heterocycles. The molecule has 2 atom stereocenters. The SMILES string of the molecule is CCC(C)(C)N(C)CC1(CNC)CCCC(C)C1. The summed E-state index contributed by atoms with van der Waals surface area (Å²) in [5.74, 6) is 0.894. The molecule has 0 radical (unpaired) electrons. The summed E-state index contributed by atoms with van der Waals surface area (Å²) >= 11 is 0. The van der Waals surface area contributed by atoms with Gasteiger partial charge in [-0.1, -0.05) is 26.7 Å². The minimum absolute atomic E-state index is 0.321. The van der Waals surface area contributed by atoms with Crippen LogP contribution in [0.5, 0.6) is 0 Å². The van der Waals surface area contributed by atoms with Crippen LogP contribution >= 0.6 is 0 Å². The van der Waals surface area contributed by atoms with E-state index in [4.69, 9.17) is 0 Å². The third-order valence-corrected chi connectivity index (χ3v) is 5.21. The van der Waals surface area contributed by atoms with Crippen molar-refractivity contribution in [3.05, 3.63) is 0 Å². The van der Waals surface area contributed by atoms with Crippen LogP contribution in [-0.4, -0.2) is 37.6 Å². The summed E-state index contributed by atoms with van der Waals surface area (Å²) in [5.41, 5.74) is 0.815. The predicted octanol–water partition coefficient (Wildman–Crippen LogP) is 3.52. The molecule has 0 bridgehead atoms. The van der Waals surface area contributed by atoms with Crippen molar-refractivity contribution in [1.82, 2.24) is 10.2 Å². The van der Waals surface area contributed by atoms with Gasteiger partial charge in [0.1, 0.15) is 0 Å². The molecule has 0 amide bonds. The molecule has 18 heavy (non-hydrogen) atoms. The van der Waals surface area contributed by atoms with E-state index in [1.165, 1.54) is 45.2 Å². The first-order chi connectivity index (χ1) is 8.35. The molecule has 1 N–H and O–H groups in total. The molecular formula is C16H34N2. The van der Waals surface area contributed by atoms with Crippen LogP contribution in [0.15, 0.2) is 0 Å². The molecule has 108 valence electrons. The number of hydrogen-bond acceptors (Lipinski definition) is 2. The Balaban J connectivity index is 2.73. The molecule has 0 heterocycles. The lowest BCUT2D eigenvalue weighted by Gasteiger charge is -2.46. The molecule has 1 fully saturated rings. The van der Waals surface area contributed by atoms with E-state index in [9.17, 15) is 0 Å². The first kappa shape index (κ1) is 16.0. The van der Waals surface area contributed by atoms with Gasteiger partial charge < -0.3 is 10.2 Å². The van der Waals surface area contributed by atoms with Crippen LogP contribution in [0.4, 0.5) is 0 Å².